The fourth-order valence-corrected chi connectivity index (χ4v) is 1.57. The number of halogens is 2. The highest BCUT2D eigenvalue weighted by Gasteiger charge is 2.13. The Hall–Kier alpha value is -2.50. The number of nitrogens with zero attached hydrogens (tertiary/aromatic N) is 1. The van der Waals surface area contributed by atoms with Crippen LogP contribution < -0.4 is 10.6 Å². The smallest absolute Gasteiger partial charge is 0.259 e. The fraction of sp³-hybridized carbons (Fsp3) is 0.0769. The number of carbonyl (C=O) groups excluding carboxylic acids is 1. The van der Waals surface area contributed by atoms with Gasteiger partial charge < -0.3 is 10.6 Å². The van der Waals surface area contributed by atoms with Gasteiger partial charge in [-0.1, -0.05) is 0 Å². The van der Waals surface area contributed by atoms with Gasteiger partial charge in [-0.2, -0.15) is 0 Å². The fourth-order valence-electron chi connectivity index (χ4n) is 1.57. The maximum atomic E-state index is 13.4. The van der Waals surface area contributed by atoms with Gasteiger partial charge in [-0.15, -0.1) is 0 Å². The summed E-state index contributed by atoms with van der Waals surface area (Å²) in [6, 6.07) is 5.97. The van der Waals surface area contributed by atoms with Crippen molar-refractivity contribution in [3.05, 3.63) is 53.7 Å². The van der Waals surface area contributed by atoms with Gasteiger partial charge in [-0.25, -0.2) is 13.8 Å². The number of anilines is 2. The number of amides is 1. The minimum absolute atomic E-state index is 0.212. The van der Waals surface area contributed by atoms with Gasteiger partial charge in [0.2, 0.25) is 0 Å². The van der Waals surface area contributed by atoms with Gasteiger partial charge in [0, 0.05) is 19.3 Å². The number of carbonyl (C=O) groups is 1. The molecule has 0 saturated carbocycles. The SMILES string of the molecule is CNc1ncccc1C(=O)Nc1cc(F)ccc1F. The Morgan fingerprint density at radius 1 is 1.26 bits per heavy atom. The van der Waals surface area contributed by atoms with Crippen molar-refractivity contribution < 1.29 is 13.6 Å². The third-order valence-corrected chi connectivity index (χ3v) is 2.47. The van der Waals surface area contributed by atoms with Crippen LogP contribution in [-0.2, 0) is 0 Å². The summed E-state index contributed by atoms with van der Waals surface area (Å²) in [5.74, 6) is -1.54. The number of aromatic nitrogens is 1. The van der Waals surface area contributed by atoms with Crippen molar-refractivity contribution in [3.8, 4) is 0 Å². The first-order chi connectivity index (χ1) is 9.11. The van der Waals surface area contributed by atoms with Crippen LogP contribution in [0.25, 0.3) is 0 Å². The molecule has 1 aromatic carbocycles. The highest BCUT2D eigenvalue weighted by molar-refractivity contribution is 6.07. The van der Waals surface area contributed by atoms with Gasteiger partial charge in [0.05, 0.1) is 11.3 Å². The molecule has 1 heterocycles. The van der Waals surface area contributed by atoms with E-state index in [-0.39, 0.29) is 11.3 Å². The largest absolute Gasteiger partial charge is 0.372 e. The Labute approximate surface area is 108 Å². The van der Waals surface area contributed by atoms with Crippen molar-refractivity contribution in [2.45, 2.75) is 0 Å². The van der Waals surface area contributed by atoms with Gasteiger partial charge in [-0.3, -0.25) is 4.79 Å². The lowest BCUT2D eigenvalue weighted by Crippen LogP contribution is -2.15. The summed E-state index contributed by atoms with van der Waals surface area (Å²) in [5.41, 5.74) is 0.0320. The van der Waals surface area contributed by atoms with Crippen molar-refractivity contribution in [3.63, 3.8) is 0 Å². The molecule has 2 rings (SSSR count). The molecular formula is C13H11F2N3O. The molecule has 6 heteroatoms. The number of benzene rings is 1. The van der Waals surface area contributed by atoms with Gasteiger partial charge in [-0.05, 0) is 24.3 Å². The molecule has 0 spiro atoms. The van der Waals surface area contributed by atoms with E-state index < -0.39 is 17.5 Å². The molecule has 1 amide bonds. The maximum Gasteiger partial charge on any atom is 0.259 e. The number of hydrogen-bond acceptors (Lipinski definition) is 3. The zero-order chi connectivity index (χ0) is 13.8. The first-order valence-electron chi connectivity index (χ1n) is 5.51. The van der Waals surface area contributed by atoms with E-state index in [0.717, 1.165) is 18.2 Å². The lowest BCUT2D eigenvalue weighted by molar-refractivity contribution is 0.102. The summed E-state index contributed by atoms with van der Waals surface area (Å²) >= 11 is 0. The molecule has 0 bridgehead atoms. The van der Waals surface area contributed by atoms with Crippen molar-refractivity contribution in [2.24, 2.45) is 0 Å². The van der Waals surface area contributed by atoms with Gasteiger partial charge >= 0.3 is 0 Å². The Balaban J connectivity index is 2.28. The monoisotopic (exact) mass is 263 g/mol. The van der Waals surface area contributed by atoms with Gasteiger partial charge in [0.25, 0.3) is 5.91 Å². The van der Waals surface area contributed by atoms with E-state index in [9.17, 15) is 13.6 Å². The normalized spacial score (nSPS) is 10.1. The van der Waals surface area contributed by atoms with E-state index in [0.29, 0.717) is 5.82 Å². The van der Waals surface area contributed by atoms with Gasteiger partial charge in [0.1, 0.15) is 17.5 Å². The lowest BCUT2D eigenvalue weighted by atomic mass is 10.2. The first kappa shape index (κ1) is 12.9. The quantitative estimate of drug-likeness (QED) is 0.895. The summed E-state index contributed by atoms with van der Waals surface area (Å²) in [5, 5.41) is 5.06. The van der Waals surface area contributed by atoms with Crippen LogP contribution in [0.3, 0.4) is 0 Å². The van der Waals surface area contributed by atoms with E-state index in [4.69, 9.17) is 0 Å². The molecule has 2 aromatic rings. The Bertz CT molecular complexity index is 617. The zero-order valence-corrected chi connectivity index (χ0v) is 10.1. The molecule has 2 N–H and O–H groups in total. The van der Waals surface area contributed by atoms with E-state index in [1.54, 1.807) is 13.1 Å². The Morgan fingerprint density at radius 3 is 2.79 bits per heavy atom. The van der Waals surface area contributed by atoms with Crippen LogP contribution in [-0.4, -0.2) is 17.9 Å². The van der Waals surface area contributed by atoms with E-state index in [1.807, 2.05) is 0 Å². The Morgan fingerprint density at radius 2 is 2.05 bits per heavy atom. The van der Waals surface area contributed by atoms with Crippen LogP contribution in [0.5, 0.6) is 0 Å². The van der Waals surface area contributed by atoms with E-state index in [2.05, 4.69) is 15.6 Å². The predicted molar refractivity (Wildman–Crippen MR) is 68.1 cm³/mol. The molecule has 0 radical (unpaired) electrons. The summed E-state index contributed by atoms with van der Waals surface area (Å²) in [7, 11) is 1.61. The second-order valence-corrected chi connectivity index (χ2v) is 3.73. The van der Waals surface area contributed by atoms with Crippen molar-refractivity contribution in [1.29, 1.82) is 0 Å². The second kappa shape index (κ2) is 5.43. The highest BCUT2D eigenvalue weighted by atomic mass is 19.1. The number of rotatable bonds is 3. The molecule has 0 aliphatic rings. The topological polar surface area (TPSA) is 54.0 Å². The minimum Gasteiger partial charge on any atom is -0.372 e. The minimum atomic E-state index is -0.704. The van der Waals surface area contributed by atoms with Crippen molar-refractivity contribution in [2.75, 3.05) is 17.7 Å². The standard InChI is InChI=1S/C13H11F2N3O/c1-16-12-9(3-2-6-17-12)13(19)18-11-7-8(14)4-5-10(11)15/h2-7H,1H3,(H,16,17)(H,18,19). The molecule has 0 aliphatic heterocycles. The average Bonchev–Trinajstić information content (AvgIpc) is 2.42. The molecule has 0 atom stereocenters. The average molecular weight is 263 g/mol. The highest BCUT2D eigenvalue weighted by Crippen LogP contribution is 2.18. The Kier molecular flexibility index (Phi) is 3.70. The molecule has 0 aliphatic carbocycles. The summed E-state index contributed by atoms with van der Waals surface area (Å²) in [4.78, 5) is 15.9. The lowest BCUT2D eigenvalue weighted by Gasteiger charge is -2.09. The number of pyridine rings is 1. The molecule has 1 aromatic heterocycles. The van der Waals surface area contributed by atoms with Crippen molar-refractivity contribution >= 4 is 17.4 Å². The van der Waals surface area contributed by atoms with Crippen LogP contribution in [0.15, 0.2) is 36.5 Å². The third kappa shape index (κ3) is 2.85. The molecule has 0 fully saturated rings. The number of hydrogen-bond donors (Lipinski definition) is 2. The van der Waals surface area contributed by atoms with E-state index in [1.165, 1.54) is 12.3 Å². The molecule has 0 saturated heterocycles. The van der Waals surface area contributed by atoms with Gasteiger partial charge in [0.15, 0.2) is 0 Å². The molecule has 19 heavy (non-hydrogen) atoms. The van der Waals surface area contributed by atoms with E-state index >= 15 is 0 Å². The molecular weight excluding hydrogens is 252 g/mol. The summed E-state index contributed by atoms with van der Waals surface area (Å²) in [6.07, 6.45) is 1.52. The second-order valence-electron chi connectivity index (χ2n) is 3.73. The molecule has 4 nitrogen and oxygen atoms in total. The molecule has 0 unspecified atom stereocenters. The summed E-state index contributed by atoms with van der Waals surface area (Å²) in [6.45, 7) is 0. The first-order valence-corrected chi connectivity index (χ1v) is 5.51. The van der Waals surface area contributed by atoms with Crippen LogP contribution in [0, 0.1) is 11.6 Å². The predicted octanol–water partition coefficient (Wildman–Crippen LogP) is 2.65. The van der Waals surface area contributed by atoms with Crippen molar-refractivity contribution in [1.82, 2.24) is 4.98 Å². The molecule has 98 valence electrons. The van der Waals surface area contributed by atoms with Crippen LogP contribution in [0.2, 0.25) is 0 Å². The zero-order valence-electron chi connectivity index (χ0n) is 10.1. The van der Waals surface area contributed by atoms with Crippen LogP contribution in [0.4, 0.5) is 20.3 Å². The maximum absolute atomic E-state index is 13.4. The summed E-state index contributed by atoms with van der Waals surface area (Å²) < 4.78 is 26.4. The third-order valence-electron chi connectivity index (χ3n) is 2.47. The van der Waals surface area contributed by atoms with Crippen LogP contribution >= 0.6 is 0 Å². The van der Waals surface area contributed by atoms with Crippen LogP contribution in [0.1, 0.15) is 10.4 Å². The number of nitrogens with one attached hydrogen (secondary N) is 2.